The van der Waals surface area contributed by atoms with Gasteiger partial charge in [0.15, 0.2) is 0 Å². The van der Waals surface area contributed by atoms with Crippen LogP contribution >= 0.6 is 11.6 Å². The monoisotopic (exact) mass is 277 g/mol. The highest BCUT2D eigenvalue weighted by Crippen LogP contribution is 2.25. The Bertz CT molecular complexity index is 546. The number of benzene rings is 1. The van der Waals surface area contributed by atoms with Gasteiger partial charge in [-0.25, -0.2) is 0 Å². The molecular weight excluding hydrogens is 258 g/mol. The SMILES string of the molecule is CCn1nccc1-c1ccc(Cl)c(CNC(C)C)c1. The second-order valence-corrected chi connectivity index (χ2v) is 5.28. The van der Waals surface area contributed by atoms with E-state index in [0.717, 1.165) is 34.9 Å². The van der Waals surface area contributed by atoms with E-state index in [-0.39, 0.29) is 0 Å². The Morgan fingerprint density at radius 1 is 1.32 bits per heavy atom. The van der Waals surface area contributed by atoms with E-state index in [4.69, 9.17) is 11.6 Å². The van der Waals surface area contributed by atoms with E-state index >= 15 is 0 Å². The zero-order valence-electron chi connectivity index (χ0n) is 11.7. The number of rotatable bonds is 5. The normalized spacial score (nSPS) is 11.2. The molecule has 0 atom stereocenters. The second kappa shape index (κ2) is 6.22. The smallest absolute Gasteiger partial charge is 0.0682 e. The molecule has 1 aromatic carbocycles. The zero-order valence-corrected chi connectivity index (χ0v) is 12.4. The molecule has 2 rings (SSSR count). The van der Waals surface area contributed by atoms with Crippen LogP contribution in [0.15, 0.2) is 30.5 Å². The highest BCUT2D eigenvalue weighted by atomic mass is 35.5. The zero-order chi connectivity index (χ0) is 13.8. The van der Waals surface area contributed by atoms with Crippen LogP contribution in [0.3, 0.4) is 0 Å². The molecule has 0 aliphatic rings. The first-order valence-electron chi connectivity index (χ1n) is 6.65. The maximum atomic E-state index is 6.25. The lowest BCUT2D eigenvalue weighted by Gasteiger charge is -2.12. The van der Waals surface area contributed by atoms with Gasteiger partial charge in [0, 0.05) is 35.9 Å². The van der Waals surface area contributed by atoms with Gasteiger partial charge in [0.05, 0.1) is 5.69 Å². The lowest BCUT2D eigenvalue weighted by Crippen LogP contribution is -2.22. The van der Waals surface area contributed by atoms with Crippen molar-refractivity contribution in [2.75, 3.05) is 0 Å². The van der Waals surface area contributed by atoms with E-state index in [9.17, 15) is 0 Å². The molecule has 0 bridgehead atoms. The second-order valence-electron chi connectivity index (χ2n) is 4.87. The number of hydrogen-bond donors (Lipinski definition) is 1. The van der Waals surface area contributed by atoms with Gasteiger partial charge < -0.3 is 5.32 Å². The molecule has 0 spiro atoms. The summed E-state index contributed by atoms with van der Waals surface area (Å²) in [6.07, 6.45) is 1.83. The summed E-state index contributed by atoms with van der Waals surface area (Å²) in [5.74, 6) is 0. The Morgan fingerprint density at radius 3 is 2.79 bits per heavy atom. The van der Waals surface area contributed by atoms with Crippen molar-refractivity contribution in [1.29, 1.82) is 0 Å². The van der Waals surface area contributed by atoms with Crippen LogP contribution in [-0.2, 0) is 13.1 Å². The molecule has 2 aromatic rings. The Labute approximate surface area is 119 Å². The van der Waals surface area contributed by atoms with E-state index in [2.05, 4.69) is 37.3 Å². The van der Waals surface area contributed by atoms with Crippen molar-refractivity contribution in [3.63, 3.8) is 0 Å². The number of aryl methyl sites for hydroxylation is 1. The highest BCUT2D eigenvalue weighted by Gasteiger charge is 2.08. The van der Waals surface area contributed by atoms with Gasteiger partial charge in [0.25, 0.3) is 0 Å². The van der Waals surface area contributed by atoms with Crippen LogP contribution in [0.5, 0.6) is 0 Å². The minimum atomic E-state index is 0.445. The van der Waals surface area contributed by atoms with E-state index in [1.807, 2.05) is 29.1 Å². The molecule has 0 amide bonds. The fourth-order valence-electron chi connectivity index (χ4n) is 2.01. The van der Waals surface area contributed by atoms with Crippen LogP contribution in [0.25, 0.3) is 11.3 Å². The highest BCUT2D eigenvalue weighted by molar-refractivity contribution is 6.31. The van der Waals surface area contributed by atoms with E-state index in [1.165, 1.54) is 0 Å². The van der Waals surface area contributed by atoms with Gasteiger partial charge in [0.1, 0.15) is 0 Å². The van der Waals surface area contributed by atoms with Crippen LogP contribution < -0.4 is 5.32 Å². The summed E-state index contributed by atoms with van der Waals surface area (Å²) >= 11 is 6.25. The molecule has 0 aliphatic carbocycles. The van der Waals surface area contributed by atoms with Gasteiger partial charge in [0.2, 0.25) is 0 Å². The average molecular weight is 278 g/mol. The quantitative estimate of drug-likeness (QED) is 0.903. The summed E-state index contributed by atoms with van der Waals surface area (Å²) in [5, 5.41) is 8.51. The van der Waals surface area contributed by atoms with Crippen molar-refractivity contribution in [2.45, 2.75) is 39.9 Å². The first-order chi connectivity index (χ1) is 9.11. The molecule has 1 N–H and O–H groups in total. The lowest BCUT2D eigenvalue weighted by atomic mass is 10.1. The molecule has 19 heavy (non-hydrogen) atoms. The minimum Gasteiger partial charge on any atom is -0.310 e. The number of nitrogens with one attached hydrogen (secondary N) is 1. The minimum absolute atomic E-state index is 0.445. The van der Waals surface area contributed by atoms with E-state index < -0.39 is 0 Å². The number of aromatic nitrogens is 2. The third kappa shape index (κ3) is 3.37. The van der Waals surface area contributed by atoms with Crippen molar-refractivity contribution in [2.24, 2.45) is 0 Å². The van der Waals surface area contributed by atoms with Crippen molar-refractivity contribution >= 4 is 11.6 Å². The molecular formula is C15H20ClN3. The Kier molecular flexibility index (Phi) is 4.61. The molecule has 102 valence electrons. The van der Waals surface area contributed by atoms with Gasteiger partial charge in [-0.05, 0) is 30.7 Å². The fourth-order valence-corrected chi connectivity index (χ4v) is 2.20. The first kappa shape index (κ1) is 14.1. The average Bonchev–Trinajstić information content (AvgIpc) is 2.86. The topological polar surface area (TPSA) is 29.9 Å². The van der Waals surface area contributed by atoms with E-state index in [0.29, 0.717) is 6.04 Å². The predicted molar refractivity (Wildman–Crippen MR) is 80.3 cm³/mol. The molecule has 0 fully saturated rings. The van der Waals surface area contributed by atoms with Crippen LogP contribution in [0.2, 0.25) is 5.02 Å². The Morgan fingerprint density at radius 2 is 2.11 bits per heavy atom. The summed E-state index contributed by atoms with van der Waals surface area (Å²) in [7, 11) is 0. The summed E-state index contributed by atoms with van der Waals surface area (Å²) in [4.78, 5) is 0. The summed E-state index contributed by atoms with van der Waals surface area (Å²) < 4.78 is 1.99. The third-order valence-electron chi connectivity index (χ3n) is 3.06. The predicted octanol–water partition coefficient (Wildman–Crippen LogP) is 3.72. The first-order valence-corrected chi connectivity index (χ1v) is 7.03. The van der Waals surface area contributed by atoms with Gasteiger partial charge in [-0.1, -0.05) is 31.5 Å². The standard InChI is InChI=1S/C15H20ClN3/c1-4-19-15(7-8-18-19)12-5-6-14(16)13(9-12)10-17-11(2)3/h5-9,11,17H,4,10H2,1-3H3. The van der Waals surface area contributed by atoms with Crippen molar-refractivity contribution < 1.29 is 0 Å². The summed E-state index contributed by atoms with van der Waals surface area (Å²) in [6, 6.07) is 8.62. The van der Waals surface area contributed by atoms with Crippen molar-refractivity contribution in [1.82, 2.24) is 15.1 Å². The number of nitrogens with zero attached hydrogens (tertiary/aromatic N) is 2. The Balaban J connectivity index is 2.30. The number of hydrogen-bond acceptors (Lipinski definition) is 2. The molecule has 1 heterocycles. The van der Waals surface area contributed by atoms with Gasteiger partial charge in [-0.3, -0.25) is 4.68 Å². The molecule has 0 saturated carbocycles. The molecule has 4 heteroatoms. The van der Waals surface area contributed by atoms with Gasteiger partial charge in [-0.15, -0.1) is 0 Å². The maximum Gasteiger partial charge on any atom is 0.0682 e. The fraction of sp³-hybridized carbons (Fsp3) is 0.400. The van der Waals surface area contributed by atoms with E-state index in [1.54, 1.807) is 0 Å². The molecule has 0 saturated heterocycles. The molecule has 0 radical (unpaired) electrons. The molecule has 0 unspecified atom stereocenters. The summed E-state index contributed by atoms with van der Waals surface area (Å²) in [6.45, 7) is 8.00. The van der Waals surface area contributed by atoms with Crippen LogP contribution in [0.1, 0.15) is 26.3 Å². The van der Waals surface area contributed by atoms with Crippen molar-refractivity contribution in [3.8, 4) is 11.3 Å². The summed E-state index contributed by atoms with van der Waals surface area (Å²) in [5.41, 5.74) is 3.41. The maximum absolute atomic E-state index is 6.25. The van der Waals surface area contributed by atoms with Crippen LogP contribution in [-0.4, -0.2) is 15.8 Å². The Hall–Kier alpha value is -1.32. The van der Waals surface area contributed by atoms with Crippen LogP contribution in [0.4, 0.5) is 0 Å². The lowest BCUT2D eigenvalue weighted by molar-refractivity contribution is 0.589. The molecule has 1 aromatic heterocycles. The largest absolute Gasteiger partial charge is 0.310 e. The van der Waals surface area contributed by atoms with Gasteiger partial charge in [-0.2, -0.15) is 5.10 Å². The molecule has 0 aliphatic heterocycles. The third-order valence-corrected chi connectivity index (χ3v) is 3.43. The van der Waals surface area contributed by atoms with Crippen LogP contribution in [0, 0.1) is 0 Å². The molecule has 3 nitrogen and oxygen atoms in total. The van der Waals surface area contributed by atoms with Crippen molar-refractivity contribution in [3.05, 3.63) is 41.0 Å². The van der Waals surface area contributed by atoms with Gasteiger partial charge >= 0.3 is 0 Å². The number of halogens is 1.